The van der Waals surface area contributed by atoms with Gasteiger partial charge in [0.15, 0.2) is 0 Å². The summed E-state index contributed by atoms with van der Waals surface area (Å²) in [4.78, 5) is 12.1. The number of nitrogens with one attached hydrogen (secondary N) is 1. The molecule has 152 valence electrons. The van der Waals surface area contributed by atoms with Gasteiger partial charge in [-0.15, -0.1) is 0 Å². The highest BCUT2D eigenvalue weighted by Gasteiger charge is 2.40. The maximum Gasteiger partial charge on any atom is 0.223 e. The summed E-state index contributed by atoms with van der Waals surface area (Å²) in [5, 5.41) is 3.59. The highest BCUT2D eigenvalue weighted by molar-refractivity contribution is 5.88. The first-order chi connectivity index (χ1) is 14.2. The molecule has 3 aliphatic rings. The molecule has 29 heavy (non-hydrogen) atoms. The number of nitrogens with zero attached hydrogens (tertiary/aromatic N) is 3. The molecule has 0 atom stereocenters. The molecular weight excluding hydrogens is 360 g/mol. The molecule has 1 N–H and O–H groups in total. The number of aryl methyl sites for hydroxylation is 1. The first kappa shape index (κ1) is 18.8. The van der Waals surface area contributed by atoms with Gasteiger partial charge in [0.2, 0.25) is 5.95 Å². The highest BCUT2D eigenvalue weighted by Crippen LogP contribution is 2.36. The van der Waals surface area contributed by atoms with Crippen LogP contribution in [-0.4, -0.2) is 53.3 Å². The number of anilines is 1. The van der Waals surface area contributed by atoms with E-state index < -0.39 is 0 Å². The van der Waals surface area contributed by atoms with Crippen molar-refractivity contribution in [1.82, 2.24) is 14.9 Å². The van der Waals surface area contributed by atoms with E-state index in [0.29, 0.717) is 0 Å². The van der Waals surface area contributed by atoms with Crippen LogP contribution >= 0.6 is 0 Å². The van der Waals surface area contributed by atoms with Crippen molar-refractivity contribution >= 4 is 17.6 Å². The lowest BCUT2D eigenvalue weighted by Gasteiger charge is -2.43. The van der Waals surface area contributed by atoms with Gasteiger partial charge in [0.05, 0.1) is 18.9 Å². The molecule has 1 saturated carbocycles. The second-order valence-corrected chi connectivity index (χ2v) is 8.65. The third-order valence-corrected chi connectivity index (χ3v) is 6.87. The van der Waals surface area contributed by atoms with Crippen LogP contribution in [0.2, 0.25) is 0 Å². The van der Waals surface area contributed by atoms with Crippen molar-refractivity contribution in [3.05, 3.63) is 52.8 Å². The van der Waals surface area contributed by atoms with Crippen LogP contribution in [0.25, 0.3) is 11.6 Å². The Morgan fingerprint density at radius 3 is 2.72 bits per heavy atom. The maximum absolute atomic E-state index is 5.58. The normalized spacial score (nSPS) is 21.1. The van der Waals surface area contributed by atoms with E-state index in [1.165, 1.54) is 47.9 Å². The lowest BCUT2D eigenvalue weighted by molar-refractivity contribution is -0.0160. The van der Waals surface area contributed by atoms with Gasteiger partial charge in [0.1, 0.15) is 0 Å². The van der Waals surface area contributed by atoms with Gasteiger partial charge in [0, 0.05) is 43.4 Å². The van der Waals surface area contributed by atoms with Gasteiger partial charge in [0.25, 0.3) is 0 Å². The topological polar surface area (TPSA) is 50.3 Å². The van der Waals surface area contributed by atoms with Crippen LogP contribution in [-0.2, 0) is 11.2 Å². The van der Waals surface area contributed by atoms with Crippen LogP contribution in [0.1, 0.15) is 48.1 Å². The van der Waals surface area contributed by atoms with Gasteiger partial charge in [-0.1, -0.05) is 37.1 Å². The molecule has 1 aliphatic heterocycles. The Hall–Kier alpha value is -2.24. The molecule has 1 saturated heterocycles. The van der Waals surface area contributed by atoms with Crippen molar-refractivity contribution in [3.63, 3.8) is 0 Å². The summed E-state index contributed by atoms with van der Waals surface area (Å²) in [5.41, 5.74) is 6.48. The minimum atomic E-state index is 0.230. The second-order valence-electron chi connectivity index (χ2n) is 8.65. The minimum Gasteiger partial charge on any atom is -0.379 e. The van der Waals surface area contributed by atoms with Crippen LogP contribution in [0.15, 0.2) is 30.5 Å². The number of rotatable bonds is 5. The molecule has 2 aliphatic carbocycles. The molecule has 5 nitrogen and oxygen atoms in total. The molecule has 0 radical (unpaired) electrons. The highest BCUT2D eigenvalue weighted by atomic mass is 16.5. The Bertz CT molecular complexity index is 911. The third kappa shape index (κ3) is 3.69. The van der Waals surface area contributed by atoms with Crippen LogP contribution in [0.3, 0.4) is 0 Å². The molecule has 5 heteroatoms. The molecule has 1 aromatic carbocycles. The summed E-state index contributed by atoms with van der Waals surface area (Å²) in [6.07, 6.45) is 10.3. The van der Waals surface area contributed by atoms with E-state index >= 15 is 0 Å². The predicted octanol–water partition coefficient (Wildman–Crippen LogP) is 3.94. The zero-order valence-electron chi connectivity index (χ0n) is 17.3. The molecular formula is C24H30N4O. The zero-order chi connectivity index (χ0) is 19.7. The summed E-state index contributed by atoms with van der Waals surface area (Å²) in [6, 6.07) is 8.57. The van der Waals surface area contributed by atoms with Crippen LogP contribution in [0, 0.1) is 6.92 Å². The number of hydrogen-bond acceptors (Lipinski definition) is 5. The number of fused-ring (bicyclic) bond motifs is 1. The molecule has 1 aromatic heterocycles. The van der Waals surface area contributed by atoms with Gasteiger partial charge < -0.3 is 10.1 Å². The van der Waals surface area contributed by atoms with Crippen LogP contribution < -0.4 is 5.32 Å². The van der Waals surface area contributed by atoms with Crippen molar-refractivity contribution in [1.29, 1.82) is 0 Å². The fourth-order valence-corrected chi connectivity index (χ4v) is 5.21. The van der Waals surface area contributed by atoms with Gasteiger partial charge in [-0.2, -0.15) is 0 Å². The van der Waals surface area contributed by atoms with Crippen LogP contribution in [0.5, 0.6) is 0 Å². The van der Waals surface area contributed by atoms with Gasteiger partial charge in [-0.25, -0.2) is 9.97 Å². The first-order valence-electron chi connectivity index (χ1n) is 10.9. The van der Waals surface area contributed by atoms with Crippen molar-refractivity contribution in [2.75, 3.05) is 38.2 Å². The fraction of sp³-hybridized carbons (Fsp3) is 0.500. The van der Waals surface area contributed by atoms with Gasteiger partial charge in [-0.3, -0.25) is 4.90 Å². The Kier molecular flexibility index (Phi) is 5.10. The molecule has 0 spiro atoms. The number of ether oxygens (including phenoxy) is 1. The van der Waals surface area contributed by atoms with Crippen molar-refractivity contribution in [3.8, 4) is 0 Å². The smallest absolute Gasteiger partial charge is 0.223 e. The van der Waals surface area contributed by atoms with E-state index in [4.69, 9.17) is 9.72 Å². The number of aromatic nitrogens is 2. The fourth-order valence-electron chi connectivity index (χ4n) is 5.21. The number of hydrogen-bond donors (Lipinski definition) is 1. The maximum atomic E-state index is 5.58. The lowest BCUT2D eigenvalue weighted by atomic mass is 9.94. The van der Waals surface area contributed by atoms with E-state index in [9.17, 15) is 0 Å². The molecule has 0 amide bonds. The van der Waals surface area contributed by atoms with Crippen LogP contribution in [0.4, 0.5) is 5.95 Å². The van der Waals surface area contributed by atoms with E-state index in [1.807, 2.05) is 6.20 Å². The quantitative estimate of drug-likeness (QED) is 0.838. The number of morpholine rings is 1. The monoisotopic (exact) mass is 390 g/mol. The Balaban J connectivity index is 1.32. The van der Waals surface area contributed by atoms with E-state index in [0.717, 1.165) is 50.9 Å². The molecule has 0 bridgehead atoms. The molecule has 2 fully saturated rings. The van der Waals surface area contributed by atoms with Gasteiger partial charge in [-0.05, 0) is 42.5 Å². The Labute approximate surface area is 173 Å². The SMILES string of the molecule is Cc1ccccc1C1=Cc2nc(NCC3(N4CCOCC4)CCCC3)ncc2C1. The van der Waals surface area contributed by atoms with E-state index in [-0.39, 0.29) is 5.54 Å². The summed E-state index contributed by atoms with van der Waals surface area (Å²) in [7, 11) is 0. The molecule has 5 rings (SSSR count). The zero-order valence-corrected chi connectivity index (χ0v) is 17.3. The average molecular weight is 391 g/mol. The number of allylic oxidation sites excluding steroid dienone is 1. The summed E-state index contributed by atoms with van der Waals surface area (Å²) >= 11 is 0. The largest absolute Gasteiger partial charge is 0.379 e. The Morgan fingerprint density at radius 1 is 1.14 bits per heavy atom. The second kappa shape index (κ2) is 7.88. The van der Waals surface area contributed by atoms with Crippen molar-refractivity contribution in [2.24, 2.45) is 0 Å². The van der Waals surface area contributed by atoms with Gasteiger partial charge >= 0.3 is 0 Å². The summed E-state index contributed by atoms with van der Waals surface area (Å²) < 4.78 is 5.58. The summed E-state index contributed by atoms with van der Waals surface area (Å²) in [5.74, 6) is 0.755. The van der Waals surface area contributed by atoms with E-state index in [1.54, 1.807) is 0 Å². The van der Waals surface area contributed by atoms with Crippen molar-refractivity contribution < 1.29 is 4.74 Å². The van der Waals surface area contributed by atoms with E-state index in [2.05, 4.69) is 52.5 Å². The molecule has 2 aromatic rings. The standard InChI is InChI=1S/C24H30N4O/c1-18-6-2-3-7-21(18)19-14-20-16-25-23(27-22(20)15-19)26-17-24(8-4-5-9-24)28-10-12-29-13-11-28/h2-3,6-7,15-16H,4-5,8-14,17H2,1H3,(H,25,26,27). The number of benzene rings is 1. The average Bonchev–Trinajstić information content (AvgIpc) is 3.41. The Morgan fingerprint density at radius 2 is 1.93 bits per heavy atom. The minimum absolute atomic E-state index is 0.230. The van der Waals surface area contributed by atoms with Crippen molar-refractivity contribution in [2.45, 2.75) is 44.6 Å². The summed E-state index contributed by atoms with van der Waals surface area (Å²) in [6.45, 7) is 6.86. The predicted molar refractivity (Wildman–Crippen MR) is 117 cm³/mol. The molecule has 0 unspecified atom stereocenters. The third-order valence-electron chi connectivity index (χ3n) is 6.87. The molecule has 2 heterocycles. The lowest BCUT2D eigenvalue weighted by Crippen LogP contribution is -2.55. The first-order valence-corrected chi connectivity index (χ1v) is 10.9.